The number of benzene rings is 1. The molecule has 1 aromatic carbocycles. The van der Waals surface area contributed by atoms with Crippen molar-refractivity contribution in [2.24, 2.45) is 0 Å². The molecule has 0 fully saturated rings. The molecule has 74 valence electrons. The first-order valence-corrected chi connectivity index (χ1v) is 5.42. The average Bonchev–Trinajstić information content (AvgIpc) is 2.47. The number of fused-ring (bicyclic) bond motifs is 1. The molecule has 0 aromatic heterocycles. The molecular weight excluding hydrogens is 222 g/mol. The van der Waals surface area contributed by atoms with E-state index in [0.717, 1.165) is 10.6 Å². The second-order valence-electron chi connectivity index (χ2n) is 2.98. The number of hydrogen-bond donors (Lipinski definition) is 1. The van der Waals surface area contributed by atoms with Crippen molar-refractivity contribution in [3.8, 4) is 0 Å². The van der Waals surface area contributed by atoms with Crippen LogP contribution in [-0.4, -0.2) is 23.5 Å². The van der Waals surface area contributed by atoms with Gasteiger partial charge in [-0.2, -0.15) is 0 Å². The summed E-state index contributed by atoms with van der Waals surface area (Å²) in [6, 6.07) is 5.54. The standard InChI is InChI=1S/C9H8ClNO2S/c10-6-1-2-8-7(3-6)11(5-14-8)4-9(12)13/h1-3H,4-5H2,(H,12,13). The Balaban J connectivity index is 2.28. The minimum atomic E-state index is -0.821. The molecule has 0 saturated heterocycles. The largest absolute Gasteiger partial charge is 0.480 e. The molecule has 14 heavy (non-hydrogen) atoms. The van der Waals surface area contributed by atoms with Crippen LogP contribution < -0.4 is 4.90 Å². The van der Waals surface area contributed by atoms with E-state index in [1.54, 1.807) is 22.7 Å². The van der Waals surface area contributed by atoms with Gasteiger partial charge in [0.2, 0.25) is 0 Å². The van der Waals surface area contributed by atoms with Gasteiger partial charge in [0.05, 0.1) is 11.6 Å². The SMILES string of the molecule is O=C(O)CN1CSc2ccc(Cl)cc21. The fraction of sp³-hybridized carbons (Fsp3) is 0.222. The molecular formula is C9H8ClNO2S. The number of halogens is 1. The normalized spacial score (nSPS) is 14.2. The smallest absolute Gasteiger partial charge is 0.323 e. The summed E-state index contributed by atoms with van der Waals surface area (Å²) in [7, 11) is 0. The van der Waals surface area contributed by atoms with E-state index in [-0.39, 0.29) is 6.54 Å². The van der Waals surface area contributed by atoms with Crippen LogP contribution in [0.4, 0.5) is 5.69 Å². The molecule has 0 amide bonds. The molecule has 0 unspecified atom stereocenters. The fourth-order valence-electron chi connectivity index (χ4n) is 1.37. The van der Waals surface area contributed by atoms with Crippen LogP contribution in [-0.2, 0) is 4.79 Å². The van der Waals surface area contributed by atoms with Gasteiger partial charge in [-0.05, 0) is 18.2 Å². The molecule has 0 aliphatic carbocycles. The summed E-state index contributed by atoms with van der Waals surface area (Å²) in [5, 5.41) is 9.33. The maximum absolute atomic E-state index is 10.6. The van der Waals surface area contributed by atoms with Gasteiger partial charge in [-0.3, -0.25) is 4.79 Å². The summed E-state index contributed by atoms with van der Waals surface area (Å²) in [4.78, 5) is 13.5. The third kappa shape index (κ3) is 1.81. The van der Waals surface area contributed by atoms with E-state index in [2.05, 4.69) is 0 Å². The van der Waals surface area contributed by atoms with Crippen molar-refractivity contribution in [2.45, 2.75) is 4.90 Å². The Morgan fingerprint density at radius 2 is 2.43 bits per heavy atom. The summed E-state index contributed by atoms with van der Waals surface area (Å²) >= 11 is 7.47. The van der Waals surface area contributed by atoms with E-state index >= 15 is 0 Å². The Labute approximate surface area is 90.7 Å². The number of rotatable bonds is 2. The molecule has 0 spiro atoms. The van der Waals surface area contributed by atoms with E-state index < -0.39 is 5.97 Å². The summed E-state index contributed by atoms with van der Waals surface area (Å²) in [6.07, 6.45) is 0. The lowest BCUT2D eigenvalue weighted by atomic mass is 10.3. The molecule has 0 bridgehead atoms. The number of aliphatic carboxylic acids is 1. The average molecular weight is 230 g/mol. The highest BCUT2D eigenvalue weighted by Crippen LogP contribution is 2.39. The highest BCUT2D eigenvalue weighted by molar-refractivity contribution is 7.99. The molecule has 3 nitrogen and oxygen atoms in total. The van der Waals surface area contributed by atoms with Crippen LogP contribution in [0.15, 0.2) is 23.1 Å². The van der Waals surface area contributed by atoms with Gasteiger partial charge in [-0.15, -0.1) is 11.8 Å². The third-order valence-electron chi connectivity index (χ3n) is 1.96. The first-order valence-electron chi connectivity index (χ1n) is 4.06. The van der Waals surface area contributed by atoms with Gasteiger partial charge in [-0.25, -0.2) is 0 Å². The molecule has 1 aromatic rings. The van der Waals surface area contributed by atoms with Crippen LogP contribution in [0, 0.1) is 0 Å². The maximum Gasteiger partial charge on any atom is 0.323 e. The van der Waals surface area contributed by atoms with Crippen LogP contribution >= 0.6 is 23.4 Å². The lowest BCUT2D eigenvalue weighted by Crippen LogP contribution is -2.26. The van der Waals surface area contributed by atoms with Crippen molar-refractivity contribution >= 4 is 35.0 Å². The van der Waals surface area contributed by atoms with E-state index in [1.165, 1.54) is 0 Å². The molecule has 1 aliphatic heterocycles. The number of anilines is 1. The maximum atomic E-state index is 10.6. The monoisotopic (exact) mass is 229 g/mol. The van der Waals surface area contributed by atoms with Gasteiger partial charge in [0.15, 0.2) is 0 Å². The summed E-state index contributed by atoms with van der Waals surface area (Å²) in [5.74, 6) is -0.138. The number of carbonyl (C=O) groups is 1. The van der Waals surface area contributed by atoms with Gasteiger partial charge in [0, 0.05) is 9.92 Å². The molecule has 1 heterocycles. The highest BCUT2D eigenvalue weighted by atomic mass is 35.5. The first kappa shape index (κ1) is 9.68. The van der Waals surface area contributed by atoms with Gasteiger partial charge in [0.1, 0.15) is 6.54 Å². The topological polar surface area (TPSA) is 40.5 Å². The van der Waals surface area contributed by atoms with Gasteiger partial charge >= 0.3 is 5.97 Å². The Morgan fingerprint density at radius 3 is 3.14 bits per heavy atom. The Hall–Kier alpha value is -0.870. The predicted octanol–water partition coefficient (Wildman–Crippen LogP) is 2.29. The lowest BCUT2D eigenvalue weighted by molar-refractivity contribution is -0.135. The highest BCUT2D eigenvalue weighted by Gasteiger charge is 2.21. The number of hydrogen-bond acceptors (Lipinski definition) is 3. The zero-order chi connectivity index (χ0) is 10.1. The molecule has 0 atom stereocenters. The summed E-state index contributed by atoms with van der Waals surface area (Å²) in [5.41, 5.74) is 0.921. The van der Waals surface area contributed by atoms with Crippen LogP contribution in [0.25, 0.3) is 0 Å². The summed E-state index contributed by atoms with van der Waals surface area (Å²) < 4.78 is 0. The van der Waals surface area contributed by atoms with Crippen molar-refractivity contribution in [3.63, 3.8) is 0 Å². The predicted molar refractivity (Wildman–Crippen MR) is 57.2 cm³/mol. The van der Waals surface area contributed by atoms with Gasteiger partial charge in [-0.1, -0.05) is 11.6 Å². The quantitative estimate of drug-likeness (QED) is 0.845. The Kier molecular flexibility index (Phi) is 2.56. The zero-order valence-corrected chi connectivity index (χ0v) is 8.81. The van der Waals surface area contributed by atoms with Crippen LogP contribution in [0.1, 0.15) is 0 Å². The first-order chi connectivity index (χ1) is 6.66. The van der Waals surface area contributed by atoms with Crippen LogP contribution in [0.2, 0.25) is 5.02 Å². The van der Waals surface area contributed by atoms with Crippen LogP contribution in [0.5, 0.6) is 0 Å². The van der Waals surface area contributed by atoms with Gasteiger partial charge in [0.25, 0.3) is 0 Å². The van der Waals surface area contributed by atoms with E-state index in [9.17, 15) is 4.79 Å². The number of carboxylic acid groups (broad SMARTS) is 1. The van der Waals surface area contributed by atoms with Crippen LogP contribution in [0.3, 0.4) is 0 Å². The van der Waals surface area contributed by atoms with Gasteiger partial charge < -0.3 is 10.0 Å². The molecule has 1 aliphatic rings. The molecule has 5 heteroatoms. The third-order valence-corrected chi connectivity index (χ3v) is 3.30. The van der Waals surface area contributed by atoms with E-state index in [0.29, 0.717) is 10.9 Å². The second kappa shape index (κ2) is 3.71. The van der Waals surface area contributed by atoms with E-state index in [1.807, 2.05) is 12.1 Å². The Morgan fingerprint density at radius 1 is 1.64 bits per heavy atom. The zero-order valence-electron chi connectivity index (χ0n) is 7.24. The van der Waals surface area contributed by atoms with Crippen molar-refractivity contribution in [3.05, 3.63) is 23.2 Å². The molecule has 2 rings (SSSR count). The minimum Gasteiger partial charge on any atom is -0.480 e. The van der Waals surface area contributed by atoms with Crippen molar-refractivity contribution in [1.29, 1.82) is 0 Å². The number of carboxylic acids is 1. The van der Waals surface area contributed by atoms with Crippen molar-refractivity contribution in [1.82, 2.24) is 0 Å². The number of thioether (sulfide) groups is 1. The van der Waals surface area contributed by atoms with E-state index in [4.69, 9.17) is 16.7 Å². The minimum absolute atomic E-state index is 0.0281. The lowest BCUT2D eigenvalue weighted by Gasteiger charge is -2.15. The van der Waals surface area contributed by atoms with Crippen molar-refractivity contribution in [2.75, 3.05) is 17.3 Å². The Bertz CT molecular complexity index is 383. The summed E-state index contributed by atoms with van der Waals surface area (Å²) in [6.45, 7) is 0.0281. The molecule has 0 radical (unpaired) electrons. The molecule has 0 saturated carbocycles. The second-order valence-corrected chi connectivity index (χ2v) is 4.40. The number of nitrogens with zero attached hydrogens (tertiary/aromatic N) is 1. The fourth-order valence-corrected chi connectivity index (χ4v) is 2.56. The molecule has 1 N–H and O–H groups in total. The van der Waals surface area contributed by atoms with Crippen molar-refractivity contribution < 1.29 is 9.90 Å².